The van der Waals surface area contributed by atoms with E-state index in [9.17, 15) is 19.0 Å². The number of esters is 2. The first kappa shape index (κ1) is 51.5. The van der Waals surface area contributed by atoms with Gasteiger partial charge < -0.3 is 14.4 Å². The Morgan fingerprint density at radius 3 is 1.36 bits per heavy atom. The molecule has 0 aromatic rings. The molecule has 0 radical (unpaired) electrons. The molecule has 9 heteroatoms. The minimum atomic E-state index is -4.28. The van der Waals surface area contributed by atoms with Crippen LogP contribution in [0.2, 0.25) is 0 Å². The van der Waals surface area contributed by atoms with E-state index in [2.05, 4.69) is 38.2 Å². The van der Waals surface area contributed by atoms with Crippen molar-refractivity contribution in [2.45, 2.75) is 226 Å². The molecule has 8 nitrogen and oxygen atoms in total. The number of carbonyl (C=O) groups excluding carboxylic acids is 2. The van der Waals surface area contributed by atoms with Crippen LogP contribution >= 0.6 is 7.82 Å². The molecule has 0 heterocycles. The molecule has 0 saturated carbocycles. The number of hydrogen-bond donors (Lipinski definition) is 1. The molecule has 312 valence electrons. The maximum absolute atomic E-state index is 12.5. The van der Waals surface area contributed by atoms with Crippen LogP contribution < -0.4 is 0 Å². The van der Waals surface area contributed by atoms with Crippen LogP contribution in [0.5, 0.6) is 0 Å². The van der Waals surface area contributed by atoms with Crippen LogP contribution in [0.1, 0.15) is 220 Å². The lowest BCUT2D eigenvalue weighted by molar-refractivity contribution is -0.161. The SMILES string of the molecule is CCCCCC/C=C\C/C=C\CCCCCCCC(=O)OC(COC(=O)CCCCCCCCCCCCCCCCCCC)COP(=O)(O)OCC. The van der Waals surface area contributed by atoms with Crippen LogP contribution in [0.15, 0.2) is 24.3 Å². The average Bonchev–Trinajstić information content (AvgIpc) is 3.13. The second-order valence-electron chi connectivity index (χ2n) is 14.7. The van der Waals surface area contributed by atoms with E-state index in [4.69, 9.17) is 18.5 Å². The fourth-order valence-electron chi connectivity index (χ4n) is 6.25. The number of allylic oxidation sites excluding steroid dienone is 4. The fourth-order valence-corrected chi connectivity index (χ4v) is 7.00. The molecular weight excluding hydrogens is 687 g/mol. The summed E-state index contributed by atoms with van der Waals surface area (Å²) in [7, 11) is -4.28. The van der Waals surface area contributed by atoms with Gasteiger partial charge in [0.05, 0.1) is 13.2 Å². The Labute approximate surface area is 326 Å². The van der Waals surface area contributed by atoms with E-state index in [0.717, 1.165) is 57.8 Å². The summed E-state index contributed by atoms with van der Waals surface area (Å²) in [5.74, 6) is -0.804. The van der Waals surface area contributed by atoms with Gasteiger partial charge in [0, 0.05) is 12.8 Å². The van der Waals surface area contributed by atoms with Gasteiger partial charge in [-0.2, -0.15) is 0 Å². The molecule has 0 bridgehead atoms. The van der Waals surface area contributed by atoms with Gasteiger partial charge in [-0.15, -0.1) is 0 Å². The van der Waals surface area contributed by atoms with E-state index in [-0.39, 0.29) is 25.6 Å². The van der Waals surface area contributed by atoms with E-state index < -0.39 is 26.5 Å². The van der Waals surface area contributed by atoms with Gasteiger partial charge in [-0.3, -0.25) is 18.6 Å². The summed E-state index contributed by atoms with van der Waals surface area (Å²) in [6.07, 6.45) is 43.7. The monoisotopic (exact) mass is 771 g/mol. The van der Waals surface area contributed by atoms with Gasteiger partial charge in [-0.05, 0) is 51.9 Å². The van der Waals surface area contributed by atoms with Crippen molar-refractivity contribution in [1.82, 2.24) is 0 Å². The Balaban J connectivity index is 4.07. The van der Waals surface area contributed by atoms with E-state index in [1.807, 2.05) is 0 Å². The minimum absolute atomic E-state index is 0.000535. The van der Waals surface area contributed by atoms with Crippen molar-refractivity contribution < 1.29 is 37.6 Å². The predicted molar refractivity (Wildman–Crippen MR) is 221 cm³/mol. The highest BCUT2D eigenvalue weighted by Gasteiger charge is 2.25. The second kappa shape index (κ2) is 40.2. The average molecular weight is 771 g/mol. The first-order valence-corrected chi connectivity index (χ1v) is 23.6. The maximum atomic E-state index is 12.5. The molecular formula is C44H83O8P. The summed E-state index contributed by atoms with van der Waals surface area (Å²) in [5, 5.41) is 0. The van der Waals surface area contributed by atoms with Crippen molar-refractivity contribution in [3.8, 4) is 0 Å². The number of hydrogen-bond acceptors (Lipinski definition) is 7. The summed E-state index contributed by atoms with van der Waals surface area (Å²) in [4.78, 5) is 34.7. The van der Waals surface area contributed by atoms with Gasteiger partial charge in [-0.1, -0.05) is 179 Å². The molecule has 2 atom stereocenters. The predicted octanol–water partition coefficient (Wildman–Crippen LogP) is 13.8. The lowest BCUT2D eigenvalue weighted by atomic mass is 10.0. The van der Waals surface area contributed by atoms with Crippen molar-refractivity contribution in [3.63, 3.8) is 0 Å². The van der Waals surface area contributed by atoms with Crippen molar-refractivity contribution in [3.05, 3.63) is 24.3 Å². The van der Waals surface area contributed by atoms with Crippen LogP contribution in [-0.4, -0.2) is 42.8 Å². The van der Waals surface area contributed by atoms with Gasteiger partial charge in [0.15, 0.2) is 6.10 Å². The van der Waals surface area contributed by atoms with Crippen molar-refractivity contribution in [2.75, 3.05) is 19.8 Å². The highest BCUT2D eigenvalue weighted by molar-refractivity contribution is 7.47. The van der Waals surface area contributed by atoms with E-state index in [1.54, 1.807) is 6.92 Å². The number of phosphoric ester groups is 1. The van der Waals surface area contributed by atoms with E-state index in [1.165, 1.54) is 122 Å². The van der Waals surface area contributed by atoms with Crippen molar-refractivity contribution in [1.29, 1.82) is 0 Å². The Hall–Kier alpha value is -1.47. The summed E-state index contributed by atoms with van der Waals surface area (Å²) < 4.78 is 32.6. The smallest absolute Gasteiger partial charge is 0.462 e. The quantitative estimate of drug-likeness (QED) is 0.0283. The molecule has 0 amide bonds. The molecule has 0 rings (SSSR count). The van der Waals surface area contributed by atoms with Gasteiger partial charge in [-0.25, -0.2) is 4.57 Å². The van der Waals surface area contributed by atoms with Gasteiger partial charge in [0.1, 0.15) is 6.61 Å². The van der Waals surface area contributed by atoms with Crippen LogP contribution in [0, 0.1) is 0 Å². The van der Waals surface area contributed by atoms with Crippen LogP contribution in [-0.2, 0) is 32.7 Å². The minimum Gasteiger partial charge on any atom is -0.462 e. The van der Waals surface area contributed by atoms with Crippen LogP contribution in [0.4, 0.5) is 0 Å². The van der Waals surface area contributed by atoms with Crippen LogP contribution in [0.3, 0.4) is 0 Å². The topological polar surface area (TPSA) is 108 Å². The zero-order valence-electron chi connectivity index (χ0n) is 34.7. The maximum Gasteiger partial charge on any atom is 0.472 e. The summed E-state index contributed by atoms with van der Waals surface area (Å²) in [5.41, 5.74) is 0. The van der Waals surface area contributed by atoms with Gasteiger partial charge >= 0.3 is 19.8 Å². The number of phosphoric acid groups is 1. The molecule has 0 aromatic heterocycles. The Morgan fingerprint density at radius 1 is 0.509 bits per heavy atom. The lowest BCUT2D eigenvalue weighted by Gasteiger charge is -2.19. The molecule has 53 heavy (non-hydrogen) atoms. The highest BCUT2D eigenvalue weighted by Crippen LogP contribution is 2.43. The first-order valence-electron chi connectivity index (χ1n) is 22.1. The van der Waals surface area contributed by atoms with Gasteiger partial charge in [0.25, 0.3) is 0 Å². The largest absolute Gasteiger partial charge is 0.472 e. The van der Waals surface area contributed by atoms with Gasteiger partial charge in [0.2, 0.25) is 0 Å². The Morgan fingerprint density at radius 2 is 0.906 bits per heavy atom. The third-order valence-corrected chi connectivity index (χ3v) is 10.6. The third kappa shape index (κ3) is 40.0. The van der Waals surface area contributed by atoms with E-state index in [0.29, 0.717) is 12.8 Å². The Kier molecular flexibility index (Phi) is 39.1. The fraction of sp³-hybridized carbons (Fsp3) is 0.864. The summed E-state index contributed by atoms with van der Waals surface area (Å²) in [6.45, 7) is 5.47. The molecule has 1 N–H and O–H groups in total. The molecule has 0 saturated heterocycles. The van der Waals surface area contributed by atoms with Crippen LogP contribution in [0.25, 0.3) is 0 Å². The van der Waals surface area contributed by atoms with Crippen molar-refractivity contribution >= 4 is 19.8 Å². The number of ether oxygens (including phenoxy) is 2. The normalized spacial score (nSPS) is 13.5. The third-order valence-electron chi connectivity index (χ3n) is 9.51. The number of unbranched alkanes of at least 4 members (excludes halogenated alkanes) is 25. The molecule has 0 aliphatic rings. The number of carbonyl (C=O) groups is 2. The number of rotatable bonds is 41. The molecule has 0 aromatic carbocycles. The first-order chi connectivity index (χ1) is 25.8. The molecule has 0 spiro atoms. The standard InChI is InChI=1S/C44H83O8P/c1-4-7-9-11-13-15-17-19-21-23-25-26-28-30-32-34-36-38-43(45)49-40-42(41-51-53(47,48)50-6-3)52-44(46)39-37-35-33-31-29-27-24-22-20-18-16-14-12-10-8-5-2/h16,18,22,24,42H,4-15,17,19-21,23,25-41H2,1-3H3,(H,47,48)/b18-16-,24-22-. The molecule has 0 fully saturated rings. The lowest BCUT2D eigenvalue weighted by Crippen LogP contribution is -2.29. The molecule has 0 aliphatic heterocycles. The molecule has 2 unspecified atom stereocenters. The molecule has 0 aliphatic carbocycles. The summed E-state index contributed by atoms with van der Waals surface area (Å²) in [6, 6.07) is 0. The Bertz CT molecular complexity index is 921. The zero-order chi connectivity index (χ0) is 38.9. The van der Waals surface area contributed by atoms with E-state index >= 15 is 0 Å². The summed E-state index contributed by atoms with van der Waals surface area (Å²) >= 11 is 0. The second-order valence-corrected chi connectivity index (χ2v) is 16.2. The van der Waals surface area contributed by atoms with Crippen molar-refractivity contribution in [2.24, 2.45) is 0 Å². The zero-order valence-corrected chi connectivity index (χ0v) is 35.6. The highest BCUT2D eigenvalue weighted by atomic mass is 31.2.